The molecule has 0 aliphatic carbocycles. The predicted octanol–water partition coefficient (Wildman–Crippen LogP) is 0.224. The lowest BCUT2D eigenvalue weighted by Gasteiger charge is -2.12. The number of nitrogens with zero attached hydrogens (tertiary/aromatic N) is 1. The van der Waals surface area contributed by atoms with E-state index in [0.717, 1.165) is 11.3 Å². The molecule has 1 aromatic carbocycles. The summed E-state index contributed by atoms with van der Waals surface area (Å²) in [7, 11) is -3.76. The first kappa shape index (κ1) is 10.7. The minimum Gasteiger partial charge on any atom is -0.310 e. The summed E-state index contributed by atoms with van der Waals surface area (Å²) < 4.78 is 22.4. The lowest BCUT2D eigenvalue weighted by Crippen LogP contribution is -2.28. The van der Waals surface area contributed by atoms with Crippen LogP contribution in [0.5, 0.6) is 0 Å². The summed E-state index contributed by atoms with van der Waals surface area (Å²) in [6.07, 6.45) is 0.700. The highest BCUT2D eigenvalue weighted by Crippen LogP contribution is 2.32. The molecule has 0 aromatic heterocycles. The molecule has 0 fully saturated rings. The minimum absolute atomic E-state index is 0.0433. The summed E-state index contributed by atoms with van der Waals surface area (Å²) in [6.45, 7) is 0.653. The first-order chi connectivity index (χ1) is 6.89. The smallest absolute Gasteiger partial charge is 0.239 e. The van der Waals surface area contributed by atoms with E-state index in [2.05, 4.69) is 0 Å². The number of primary sulfonamides is 1. The third-order valence-corrected chi connectivity index (χ3v) is 3.75. The number of hydrogen-bond donors (Lipinski definition) is 2. The maximum Gasteiger partial charge on any atom is 0.239 e. The van der Waals surface area contributed by atoms with E-state index in [9.17, 15) is 8.42 Å². The van der Waals surface area contributed by atoms with Gasteiger partial charge in [-0.1, -0.05) is 11.6 Å². The van der Waals surface area contributed by atoms with Gasteiger partial charge in [0.05, 0.1) is 10.7 Å². The van der Waals surface area contributed by atoms with Crippen molar-refractivity contribution in [3.05, 3.63) is 22.7 Å². The number of benzene rings is 1. The number of fused-ring (bicyclic) bond motifs is 1. The van der Waals surface area contributed by atoms with Crippen LogP contribution in [-0.2, 0) is 16.4 Å². The highest BCUT2D eigenvalue weighted by atomic mass is 35.5. The molecule has 1 aliphatic rings. The third kappa shape index (κ3) is 1.81. The molecule has 82 valence electrons. The molecule has 1 aromatic rings. The lowest BCUT2D eigenvalue weighted by molar-refractivity contribution is 0.598. The normalized spacial score (nSPS) is 15.5. The molecule has 0 spiro atoms. The molecule has 0 saturated heterocycles. The van der Waals surface area contributed by atoms with Crippen molar-refractivity contribution in [3.63, 3.8) is 0 Å². The van der Waals surface area contributed by atoms with Crippen molar-refractivity contribution in [3.8, 4) is 0 Å². The van der Waals surface area contributed by atoms with Gasteiger partial charge in [0, 0.05) is 6.54 Å². The first-order valence-corrected chi connectivity index (χ1v) is 6.19. The molecular weight excluding hydrogens is 238 g/mol. The van der Waals surface area contributed by atoms with Crippen molar-refractivity contribution < 1.29 is 8.42 Å². The quantitative estimate of drug-likeness (QED) is 0.695. The second-order valence-electron chi connectivity index (χ2n) is 3.40. The number of anilines is 1. The Bertz CT molecular complexity index is 515. The summed E-state index contributed by atoms with van der Waals surface area (Å²) >= 11 is 5.82. The largest absolute Gasteiger partial charge is 0.310 e. The molecule has 0 unspecified atom stereocenters. The molecule has 1 heterocycles. The van der Waals surface area contributed by atoms with E-state index in [1.54, 1.807) is 0 Å². The molecule has 0 atom stereocenters. The Morgan fingerprint density at radius 2 is 2.07 bits per heavy atom. The van der Waals surface area contributed by atoms with Gasteiger partial charge in [0.1, 0.15) is 4.90 Å². The molecule has 0 radical (unpaired) electrons. The van der Waals surface area contributed by atoms with Crippen LogP contribution in [0, 0.1) is 0 Å². The number of hydrazine groups is 1. The van der Waals surface area contributed by atoms with E-state index in [1.807, 2.05) is 0 Å². The topological polar surface area (TPSA) is 89.4 Å². The Morgan fingerprint density at radius 3 is 2.67 bits per heavy atom. The van der Waals surface area contributed by atoms with Crippen LogP contribution >= 0.6 is 11.6 Å². The van der Waals surface area contributed by atoms with Crippen LogP contribution in [0.4, 0.5) is 5.69 Å². The number of sulfonamides is 1. The molecule has 0 saturated carbocycles. The maximum absolute atomic E-state index is 11.2. The second kappa shape index (κ2) is 3.34. The van der Waals surface area contributed by atoms with Crippen molar-refractivity contribution in [1.29, 1.82) is 0 Å². The van der Waals surface area contributed by atoms with Crippen molar-refractivity contribution in [2.24, 2.45) is 11.0 Å². The Balaban J connectivity index is 2.64. The Kier molecular flexibility index (Phi) is 2.38. The SMILES string of the molecule is NN1CCc2cc(S(N)(=O)=O)c(Cl)cc21. The molecule has 7 heteroatoms. The van der Waals surface area contributed by atoms with Gasteiger partial charge in [0.25, 0.3) is 0 Å². The molecule has 2 rings (SSSR count). The minimum atomic E-state index is -3.76. The van der Waals surface area contributed by atoms with E-state index in [-0.39, 0.29) is 9.92 Å². The zero-order chi connectivity index (χ0) is 11.2. The molecule has 0 bridgehead atoms. The fourth-order valence-electron chi connectivity index (χ4n) is 1.63. The average molecular weight is 248 g/mol. The molecule has 5 nitrogen and oxygen atoms in total. The van der Waals surface area contributed by atoms with E-state index in [4.69, 9.17) is 22.6 Å². The van der Waals surface area contributed by atoms with Gasteiger partial charge >= 0.3 is 0 Å². The van der Waals surface area contributed by atoms with Gasteiger partial charge in [-0.25, -0.2) is 19.4 Å². The van der Waals surface area contributed by atoms with Gasteiger partial charge in [0.15, 0.2) is 0 Å². The summed E-state index contributed by atoms with van der Waals surface area (Å²) in [5.41, 5.74) is 1.61. The van der Waals surface area contributed by atoms with Gasteiger partial charge in [-0.3, -0.25) is 0 Å². The molecule has 1 aliphatic heterocycles. The van der Waals surface area contributed by atoms with E-state index in [1.165, 1.54) is 17.1 Å². The van der Waals surface area contributed by atoms with Crippen molar-refractivity contribution >= 4 is 27.3 Å². The van der Waals surface area contributed by atoms with Crippen LogP contribution < -0.4 is 16.0 Å². The van der Waals surface area contributed by atoms with Gasteiger partial charge in [-0.05, 0) is 24.1 Å². The van der Waals surface area contributed by atoms with Crippen LogP contribution in [0.3, 0.4) is 0 Å². The summed E-state index contributed by atoms with van der Waals surface area (Å²) in [6, 6.07) is 3.02. The highest BCUT2D eigenvalue weighted by Gasteiger charge is 2.22. The Labute approximate surface area is 92.6 Å². The summed E-state index contributed by atoms with van der Waals surface area (Å²) in [5, 5.41) is 6.67. The summed E-state index contributed by atoms with van der Waals surface area (Å²) in [4.78, 5) is -0.0433. The highest BCUT2D eigenvalue weighted by molar-refractivity contribution is 7.89. The van der Waals surface area contributed by atoms with E-state index < -0.39 is 10.0 Å². The monoisotopic (exact) mass is 247 g/mol. The molecule has 15 heavy (non-hydrogen) atoms. The number of hydrogen-bond acceptors (Lipinski definition) is 4. The van der Waals surface area contributed by atoms with Crippen LogP contribution in [0.2, 0.25) is 5.02 Å². The van der Waals surface area contributed by atoms with Gasteiger partial charge in [-0.15, -0.1) is 0 Å². The zero-order valence-electron chi connectivity index (χ0n) is 7.77. The van der Waals surface area contributed by atoms with Crippen LogP contribution in [-0.4, -0.2) is 15.0 Å². The Morgan fingerprint density at radius 1 is 1.40 bits per heavy atom. The van der Waals surface area contributed by atoms with Crippen molar-refractivity contribution in [2.75, 3.05) is 11.6 Å². The van der Waals surface area contributed by atoms with Crippen LogP contribution in [0.25, 0.3) is 0 Å². The van der Waals surface area contributed by atoms with Crippen molar-refractivity contribution in [2.45, 2.75) is 11.3 Å². The molecule has 4 N–H and O–H groups in total. The van der Waals surface area contributed by atoms with Gasteiger partial charge in [-0.2, -0.15) is 0 Å². The standard InChI is InChI=1S/C8H10ClN3O2S/c9-6-4-7-5(1-2-12(7)10)3-8(6)15(11,13)14/h3-4H,1-2,10H2,(H2,11,13,14). The van der Waals surface area contributed by atoms with E-state index in [0.29, 0.717) is 13.0 Å². The first-order valence-electron chi connectivity index (χ1n) is 4.27. The van der Waals surface area contributed by atoms with E-state index >= 15 is 0 Å². The second-order valence-corrected chi connectivity index (χ2v) is 5.34. The third-order valence-electron chi connectivity index (χ3n) is 2.37. The average Bonchev–Trinajstić information content (AvgIpc) is 2.45. The number of rotatable bonds is 1. The number of nitrogens with two attached hydrogens (primary N) is 2. The Hall–Kier alpha value is -0.820. The predicted molar refractivity (Wildman–Crippen MR) is 58.1 cm³/mol. The van der Waals surface area contributed by atoms with Crippen LogP contribution in [0.1, 0.15) is 5.56 Å². The van der Waals surface area contributed by atoms with Crippen LogP contribution in [0.15, 0.2) is 17.0 Å². The lowest BCUT2D eigenvalue weighted by atomic mass is 10.2. The van der Waals surface area contributed by atoms with Gasteiger partial charge in [0.2, 0.25) is 10.0 Å². The number of halogens is 1. The molecular formula is C8H10ClN3O2S. The fourth-order valence-corrected chi connectivity index (χ4v) is 2.75. The summed E-state index contributed by atoms with van der Waals surface area (Å²) in [5.74, 6) is 5.67. The van der Waals surface area contributed by atoms with Gasteiger partial charge < -0.3 is 5.01 Å². The maximum atomic E-state index is 11.2. The fraction of sp³-hybridized carbons (Fsp3) is 0.250. The molecule has 0 amide bonds. The van der Waals surface area contributed by atoms with Crippen molar-refractivity contribution in [1.82, 2.24) is 0 Å². The zero-order valence-corrected chi connectivity index (χ0v) is 9.35.